The number of hydrogen-bond donors (Lipinski definition) is 2. The van der Waals surface area contributed by atoms with Crippen LogP contribution in [0.15, 0.2) is 11.3 Å². The van der Waals surface area contributed by atoms with Crippen LogP contribution in [-0.4, -0.2) is 93.2 Å². The summed E-state index contributed by atoms with van der Waals surface area (Å²) in [5.41, 5.74) is 0.866. The Morgan fingerprint density at radius 1 is 1.27 bits per heavy atom. The largest absolute Gasteiger partial charge is 0.460 e. The van der Waals surface area contributed by atoms with E-state index in [2.05, 4.69) is 19.9 Å². The molecule has 4 rings (SSSR count). The zero-order valence-electron chi connectivity index (χ0n) is 17.4. The smallest absolute Gasteiger partial charge is 0.320 e. The molecule has 3 heterocycles. The zero-order valence-corrected chi connectivity index (χ0v) is 17.4. The van der Waals surface area contributed by atoms with Crippen molar-refractivity contribution < 1.29 is 24.4 Å². The minimum Gasteiger partial charge on any atom is -0.460 e. The molecule has 4 atom stereocenters. The van der Waals surface area contributed by atoms with Gasteiger partial charge in [0.25, 0.3) is 0 Å². The first-order valence-electron chi connectivity index (χ1n) is 10.1. The number of aliphatic hydroxyl groups is 2. The van der Waals surface area contributed by atoms with E-state index in [1.807, 2.05) is 14.1 Å². The molecule has 0 spiro atoms. The Balaban J connectivity index is 1.72. The van der Waals surface area contributed by atoms with Gasteiger partial charge in [-0.2, -0.15) is 9.97 Å². The number of ether oxygens (including phenoxy) is 3. The van der Waals surface area contributed by atoms with Gasteiger partial charge in [0.2, 0.25) is 0 Å². The number of imidazole rings is 1. The minimum absolute atomic E-state index is 0.0747. The molecule has 0 radical (unpaired) electrons. The van der Waals surface area contributed by atoms with Crippen molar-refractivity contribution in [2.24, 2.45) is 4.99 Å². The summed E-state index contributed by atoms with van der Waals surface area (Å²) in [5.74, 6) is 0.363. The van der Waals surface area contributed by atoms with E-state index in [9.17, 15) is 10.2 Å². The highest BCUT2D eigenvalue weighted by molar-refractivity contribution is 5.83. The maximum atomic E-state index is 10.5. The summed E-state index contributed by atoms with van der Waals surface area (Å²) in [4.78, 5) is 19.6. The number of fused-ring (bicyclic) bond motifs is 1. The molecule has 1 aliphatic heterocycles. The van der Waals surface area contributed by atoms with Crippen LogP contribution in [0, 0.1) is 0 Å². The normalized spacial score (nSPS) is 27.5. The molecular weight excluding hydrogens is 392 g/mol. The highest BCUT2D eigenvalue weighted by atomic mass is 16.6. The number of nitrogens with zero attached hydrogens (tertiary/aromatic N) is 6. The lowest BCUT2D eigenvalue weighted by atomic mass is 10.1. The summed E-state index contributed by atoms with van der Waals surface area (Å²) in [6, 6.07) is 0.212. The SMILES string of the molecule is COC[C@H]1O[C@@H](n2cnc3c(/N=C\N(C)C)nc(OC4CCCC4)nc32)[C@H](O)[C@@H]1O. The van der Waals surface area contributed by atoms with E-state index >= 15 is 0 Å². The first kappa shape index (κ1) is 20.9. The van der Waals surface area contributed by atoms with Crippen LogP contribution < -0.4 is 4.74 Å². The first-order valence-corrected chi connectivity index (χ1v) is 10.1. The summed E-state index contributed by atoms with van der Waals surface area (Å²) >= 11 is 0. The van der Waals surface area contributed by atoms with Crippen LogP contribution in [0.3, 0.4) is 0 Å². The second-order valence-corrected chi connectivity index (χ2v) is 7.89. The van der Waals surface area contributed by atoms with Crippen LogP contribution in [0.1, 0.15) is 31.9 Å². The molecule has 2 aromatic rings. The summed E-state index contributed by atoms with van der Waals surface area (Å²) in [7, 11) is 5.23. The Morgan fingerprint density at radius 3 is 2.73 bits per heavy atom. The Kier molecular flexibility index (Phi) is 6.14. The second-order valence-electron chi connectivity index (χ2n) is 7.89. The lowest BCUT2D eigenvalue weighted by molar-refractivity contribution is -0.0580. The molecule has 1 saturated carbocycles. The van der Waals surface area contributed by atoms with Gasteiger partial charge in [-0.3, -0.25) is 4.57 Å². The molecule has 2 aliphatic rings. The number of methoxy groups -OCH3 is 1. The third kappa shape index (κ3) is 4.10. The van der Waals surface area contributed by atoms with Crippen LogP contribution in [0.25, 0.3) is 11.2 Å². The molecule has 0 bridgehead atoms. The molecule has 1 saturated heterocycles. The summed E-state index contributed by atoms with van der Waals surface area (Å²) in [5, 5.41) is 20.8. The van der Waals surface area contributed by atoms with Gasteiger partial charge in [-0.25, -0.2) is 9.98 Å². The third-order valence-electron chi connectivity index (χ3n) is 5.31. The van der Waals surface area contributed by atoms with Gasteiger partial charge in [0.1, 0.15) is 24.4 Å². The Bertz CT molecular complexity index is 897. The number of aliphatic imine (C=N–C) groups is 1. The van der Waals surface area contributed by atoms with Crippen molar-refractivity contribution in [3.8, 4) is 6.01 Å². The molecular formula is C19H28N6O5. The van der Waals surface area contributed by atoms with Crippen LogP contribution in [-0.2, 0) is 9.47 Å². The van der Waals surface area contributed by atoms with E-state index in [0.717, 1.165) is 25.7 Å². The molecule has 0 amide bonds. The zero-order chi connectivity index (χ0) is 21.3. The topological polar surface area (TPSA) is 127 Å². The van der Waals surface area contributed by atoms with Gasteiger partial charge in [-0.1, -0.05) is 0 Å². The van der Waals surface area contributed by atoms with Gasteiger partial charge in [0, 0.05) is 21.2 Å². The number of hydrogen-bond acceptors (Lipinski definition) is 9. The molecule has 2 aromatic heterocycles. The predicted molar refractivity (Wildman–Crippen MR) is 108 cm³/mol. The molecule has 2 fully saturated rings. The Morgan fingerprint density at radius 2 is 2.03 bits per heavy atom. The van der Waals surface area contributed by atoms with Gasteiger partial charge in [-0.05, 0) is 25.7 Å². The Labute approximate surface area is 174 Å². The minimum atomic E-state index is -1.16. The van der Waals surface area contributed by atoms with E-state index in [1.54, 1.807) is 15.8 Å². The van der Waals surface area contributed by atoms with E-state index < -0.39 is 24.5 Å². The van der Waals surface area contributed by atoms with Crippen LogP contribution in [0.4, 0.5) is 5.82 Å². The van der Waals surface area contributed by atoms with Gasteiger partial charge in [0.15, 0.2) is 23.2 Å². The van der Waals surface area contributed by atoms with Crippen LogP contribution in [0.2, 0.25) is 0 Å². The van der Waals surface area contributed by atoms with E-state index in [1.165, 1.54) is 13.4 Å². The van der Waals surface area contributed by atoms with Crippen molar-refractivity contribution >= 4 is 23.3 Å². The standard InChI is InChI=1S/C19H28N6O5/c1-24(2)9-21-16-13-17(23-19(22-16)29-11-6-4-5-7-11)25(10-20-13)18-15(27)14(26)12(30-18)8-28-3/h9-12,14-15,18,26-27H,4-8H2,1-3H3/b21-9-/t12-,14-,15-,18-/m1/s1. The quantitative estimate of drug-likeness (QED) is 0.490. The number of aromatic nitrogens is 4. The Hall–Kier alpha value is -2.34. The molecule has 2 N–H and O–H groups in total. The molecule has 11 nitrogen and oxygen atoms in total. The fourth-order valence-corrected chi connectivity index (χ4v) is 3.80. The van der Waals surface area contributed by atoms with E-state index in [-0.39, 0.29) is 18.7 Å². The highest BCUT2D eigenvalue weighted by Crippen LogP contribution is 2.34. The third-order valence-corrected chi connectivity index (χ3v) is 5.31. The van der Waals surface area contributed by atoms with Gasteiger partial charge >= 0.3 is 6.01 Å². The van der Waals surface area contributed by atoms with Crippen molar-refractivity contribution in [2.75, 3.05) is 27.8 Å². The van der Waals surface area contributed by atoms with Gasteiger partial charge in [-0.15, -0.1) is 0 Å². The lowest BCUT2D eigenvalue weighted by Crippen LogP contribution is -2.33. The van der Waals surface area contributed by atoms with Crippen LogP contribution >= 0.6 is 0 Å². The van der Waals surface area contributed by atoms with Crippen molar-refractivity contribution in [3.63, 3.8) is 0 Å². The van der Waals surface area contributed by atoms with Gasteiger partial charge < -0.3 is 29.3 Å². The monoisotopic (exact) mass is 420 g/mol. The first-order chi connectivity index (χ1) is 14.5. The molecule has 0 aromatic carbocycles. The van der Waals surface area contributed by atoms with Crippen molar-refractivity contribution in [1.29, 1.82) is 0 Å². The number of rotatable bonds is 7. The molecule has 1 aliphatic carbocycles. The van der Waals surface area contributed by atoms with E-state index in [0.29, 0.717) is 17.0 Å². The van der Waals surface area contributed by atoms with Crippen LogP contribution in [0.5, 0.6) is 6.01 Å². The maximum Gasteiger partial charge on any atom is 0.320 e. The average Bonchev–Trinajstić information content (AvgIpc) is 3.43. The lowest BCUT2D eigenvalue weighted by Gasteiger charge is -2.17. The summed E-state index contributed by atoms with van der Waals surface area (Å²) in [6.07, 6.45) is 3.60. The number of aliphatic hydroxyl groups excluding tert-OH is 2. The summed E-state index contributed by atoms with van der Waals surface area (Å²) in [6.45, 7) is 0.157. The fourth-order valence-electron chi connectivity index (χ4n) is 3.80. The molecule has 0 unspecified atom stereocenters. The molecule has 30 heavy (non-hydrogen) atoms. The van der Waals surface area contributed by atoms with Crippen molar-refractivity contribution in [3.05, 3.63) is 6.33 Å². The summed E-state index contributed by atoms with van der Waals surface area (Å²) < 4.78 is 18.5. The predicted octanol–water partition coefficient (Wildman–Crippen LogP) is 0.635. The highest BCUT2D eigenvalue weighted by Gasteiger charge is 2.44. The van der Waals surface area contributed by atoms with Gasteiger partial charge in [0.05, 0.1) is 19.3 Å². The second kappa shape index (κ2) is 8.80. The average molecular weight is 420 g/mol. The van der Waals surface area contributed by atoms with Crippen molar-refractivity contribution in [1.82, 2.24) is 24.4 Å². The maximum absolute atomic E-state index is 10.5. The van der Waals surface area contributed by atoms with Crippen molar-refractivity contribution in [2.45, 2.75) is 56.3 Å². The fraction of sp³-hybridized carbons (Fsp3) is 0.684. The molecule has 11 heteroatoms. The van der Waals surface area contributed by atoms with E-state index in [4.69, 9.17) is 14.2 Å². The molecule has 164 valence electrons.